The maximum Gasteiger partial charge on any atom is 0.270 e. The first kappa shape index (κ1) is 7.82. The summed E-state index contributed by atoms with van der Waals surface area (Å²) in [5.74, 6) is -2.85. The molecule has 0 aliphatic carbocycles. The van der Waals surface area contributed by atoms with Crippen molar-refractivity contribution in [2.75, 3.05) is 6.61 Å². The predicted molar refractivity (Wildman–Crippen MR) is 26.9 cm³/mol. The van der Waals surface area contributed by atoms with Gasteiger partial charge in [0.15, 0.2) is 0 Å². The van der Waals surface area contributed by atoms with E-state index in [1.807, 2.05) is 0 Å². The van der Waals surface area contributed by atoms with E-state index >= 15 is 0 Å². The van der Waals surface area contributed by atoms with Crippen LogP contribution in [0.25, 0.3) is 0 Å². The van der Waals surface area contributed by atoms with Crippen LogP contribution in [0.4, 0.5) is 8.78 Å². The van der Waals surface area contributed by atoms with Crippen LogP contribution in [0.2, 0.25) is 0 Å². The smallest absolute Gasteiger partial charge is 0.270 e. The van der Waals surface area contributed by atoms with Crippen LogP contribution in [0.5, 0.6) is 0 Å². The molecule has 50 valence electrons. The second-order valence-corrected chi connectivity index (χ2v) is 1.76. The van der Waals surface area contributed by atoms with E-state index in [1.54, 1.807) is 6.92 Å². The maximum absolute atomic E-state index is 11.9. The van der Waals surface area contributed by atoms with Gasteiger partial charge in [-0.2, -0.15) is 0 Å². The van der Waals surface area contributed by atoms with Crippen molar-refractivity contribution in [3.63, 3.8) is 0 Å². The average molecular weight is 124 g/mol. The molecule has 0 saturated carbocycles. The van der Waals surface area contributed by atoms with Gasteiger partial charge in [-0.1, -0.05) is 13.3 Å². The molecule has 0 aliphatic rings. The van der Waals surface area contributed by atoms with E-state index in [0.29, 0.717) is 6.42 Å². The summed E-state index contributed by atoms with van der Waals surface area (Å²) in [5, 5.41) is 7.98. The van der Waals surface area contributed by atoms with Gasteiger partial charge in [0.25, 0.3) is 5.92 Å². The molecule has 0 aliphatic heterocycles. The van der Waals surface area contributed by atoms with Gasteiger partial charge in [0.1, 0.15) is 6.61 Å². The van der Waals surface area contributed by atoms with Gasteiger partial charge in [-0.05, 0) is 0 Å². The number of hydrogen-bond donors (Lipinski definition) is 1. The van der Waals surface area contributed by atoms with Crippen LogP contribution >= 0.6 is 0 Å². The molecule has 0 fully saturated rings. The summed E-state index contributed by atoms with van der Waals surface area (Å²) in [6.45, 7) is 0.629. The number of rotatable bonds is 3. The van der Waals surface area contributed by atoms with Crippen LogP contribution < -0.4 is 0 Å². The van der Waals surface area contributed by atoms with E-state index in [-0.39, 0.29) is 6.42 Å². The minimum Gasteiger partial charge on any atom is -0.390 e. The molecule has 1 nitrogen and oxygen atoms in total. The highest BCUT2D eigenvalue weighted by atomic mass is 19.3. The Balaban J connectivity index is 3.37. The molecule has 0 heterocycles. The fourth-order valence-electron chi connectivity index (χ4n) is 0.445. The normalized spacial score (nSPS) is 12.0. The Morgan fingerprint density at radius 3 is 2.12 bits per heavy atom. The van der Waals surface area contributed by atoms with Crippen molar-refractivity contribution in [2.45, 2.75) is 25.7 Å². The Bertz CT molecular complexity index is 63.4. The highest BCUT2D eigenvalue weighted by Crippen LogP contribution is 2.18. The molecule has 0 rings (SSSR count). The van der Waals surface area contributed by atoms with Crippen molar-refractivity contribution in [1.82, 2.24) is 0 Å². The van der Waals surface area contributed by atoms with Gasteiger partial charge in [-0.15, -0.1) is 0 Å². The fraction of sp³-hybridized carbons (Fsp3) is 1.00. The molecule has 0 spiro atoms. The molecule has 0 saturated heterocycles. The molecule has 0 radical (unpaired) electrons. The van der Waals surface area contributed by atoms with Gasteiger partial charge in [0, 0.05) is 6.42 Å². The van der Waals surface area contributed by atoms with Crippen LogP contribution in [0.3, 0.4) is 0 Å². The number of alkyl halides is 2. The SMILES string of the molecule is CCCC(F)(F)CO. The van der Waals surface area contributed by atoms with E-state index < -0.39 is 12.5 Å². The molecule has 1 N–H and O–H groups in total. The molecule has 0 amide bonds. The van der Waals surface area contributed by atoms with Crippen molar-refractivity contribution in [2.24, 2.45) is 0 Å². The highest BCUT2D eigenvalue weighted by Gasteiger charge is 2.25. The van der Waals surface area contributed by atoms with Gasteiger partial charge < -0.3 is 5.11 Å². The van der Waals surface area contributed by atoms with E-state index in [1.165, 1.54) is 0 Å². The highest BCUT2D eigenvalue weighted by molar-refractivity contribution is 4.61. The third kappa shape index (κ3) is 2.91. The summed E-state index contributed by atoms with van der Waals surface area (Å²) in [6, 6.07) is 0. The lowest BCUT2D eigenvalue weighted by molar-refractivity contribution is -0.0565. The number of aliphatic hydroxyl groups excluding tert-OH is 1. The van der Waals surface area contributed by atoms with Gasteiger partial charge in [-0.25, -0.2) is 8.78 Å². The number of aliphatic hydroxyl groups is 1. The van der Waals surface area contributed by atoms with Crippen LogP contribution in [-0.2, 0) is 0 Å². The Morgan fingerprint density at radius 2 is 2.00 bits per heavy atom. The number of halogens is 2. The maximum atomic E-state index is 11.9. The van der Waals surface area contributed by atoms with Crippen molar-refractivity contribution in [3.05, 3.63) is 0 Å². The third-order valence-corrected chi connectivity index (χ3v) is 0.847. The second kappa shape index (κ2) is 2.97. The monoisotopic (exact) mass is 124 g/mol. The third-order valence-electron chi connectivity index (χ3n) is 0.847. The lowest BCUT2D eigenvalue weighted by atomic mass is 10.2. The van der Waals surface area contributed by atoms with Gasteiger partial charge in [-0.3, -0.25) is 0 Å². The Morgan fingerprint density at radius 1 is 1.50 bits per heavy atom. The minimum atomic E-state index is -2.85. The summed E-state index contributed by atoms with van der Waals surface area (Å²) < 4.78 is 23.8. The minimum absolute atomic E-state index is 0.219. The van der Waals surface area contributed by atoms with Crippen molar-refractivity contribution in [3.8, 4) is 0 Å². The van der Waals surface area contributed by atoms with Gasteiger partial charge in [0.2, 0.25) is 0 Å². The molecular formula is C5H10F2O. The molecule has 0 aromatic carbocycles. The topological polar surface area (TPSA) is 20.2 Å². The zero-order valence-electron chi connectivity index (χ0n) is 4.82. The molecule has 0 aromatic heterocycles. The zero-order chi connectivity index (χ0) is 6.62. The fourth-order valence-corrected chi connectivity index (χ4v) is 0.445. The molecular weight excluding hydrogens is 114 g/mol. The predicted octanol–water partition coefficient (Wildman–Crippen LogP) is 1.41. The zero-order valence-corrected chi connectivity index (χ0v) is 4.82. The van der Waals surface area contributed by atoms with E-state index in [9.17, 15) is 8.78 Å². The molecule has 0 aromatic rings. The Kier molecular flexibility index (Phi) is 2.90. The van der Waals surface area contributed by atoms with Gasteiger partial charge in [0.05, 0.1) is 0 Å². The average Bonchev–Trinajstić information content (AvgIpc) is 1.67. The van der Waals surface area contributed by atoms with Gasteiger partial charge >= 0.3 is 0 Å². The summed E-state index contributed by atoms with van der Waals surface area (Å²) in [4.78, 5) is 0. The largest absolute Gasteiger partial charge is 0.390 e. The summed E-state index contributed by atoms with van der Waals surface area (Å²) >= 11 is 0. The van der Waals surface area contributed by atoms with Crippen LogP contribution in [0.1, 0.15) is 19.8 Å². The standard InChI is InChI=1S/C5H10F2O/c1-2-3-5(6,7)4-8/h8H,2-4H2,1H3. The van der Waals surface area contributed by atoms with Crippen molar-refractivity contribution < 1.29 is 13.9 Å². The number of hydrogen-bond acceptors (Lipinski definition) is 1. The summed E-state index contributed by atoms with van der Waals surface area (Å²) in [7, 11) is 0. The molecule has 0 atom stereocenters. The molecule has 3 heteroatoms. The second-order valence-electron chi connectivity index (χ2n) is 1.76. The van der Waals surface area contributed by atoms with Crippen LogP contribution in [0, 0.1) is 0 Å². The first-order chi connectivity index (χ1) is 3.62. The first-order valence-corrected chi connectivity index (χ1v) is 2.61. The first-order valence-electron chi connectivity index (χ1n) is 2.61. The van der Waals surface area contributed by atoms with Crippen LogP contribution in [0.15, 0.2) is 0 Å². The van der Waals surface area contributed by atoms with Crippen molar-refractivity contribution >= 4 is 0 Å². The lowest BCUT2D eigenvalue weighted by Gasteiger charge is -2.09. The summed E-state index contributed by atoms with van der Waals surface area (Å²) in [6.07, 6.45) is 0.192. The lowest BCUT2D eigenvalue weighted by Crippen LogP contribution is -2.20. The Labute approximate surface area is 47.3 Å². The molecule has 8 heavy (non-hydrogen) atoms. The van der Waals surface area contributed by atoms with E-state index in [0.717, 1.165) is 0 Å². The quantitative estimate of drug-likeness (QED) is 0.603. The van der Waals surface area contributed by atoms with Crippen LogP contribution in [-0.4, -0.2) is 17.6 Å². The molecule has 0 unspecified atom stereocenters. The van der Waals surface area contributed by atoms with Crippen molar-refractivity contribution in [1.29, 1.82) is 0 Å². The summed E-state index contributed by atoms with van der Waals surface area (Å²) in [5.41, 5.74) is 0. The van der Waals surface area contributed by atoms with E-state index in [2.05, 4.69) is 0 Å². The molecule has 0 bridgehead atoms. The Hall–Kier alpha value is -0.180. The van der Waals surface area contributed by atoms with E-state index in [4.69, 9.17) is 5.11 Å².